The van der Waals surface area contributed by atoms with Crippen molar-refractivity contribution < 1.29 is 14.7 Å². The topological polar surface area (TPSA) is 78.1 Å². The van der Waals surface area contributed by atoms with Crippen LogP contribution < -0.4 is 0 Å². The quantitative estimate of drug-likeness (QED) is 0.338. The Kier molecular flexibility index (Phi) is 6.28. The largest absolute Gasteiger partial charge is 0.505 e. The first kappa shape index (κ1) is 23.0. The van der Waals surface area contributed by atoms with Gasteiger partial charge in [0.1, 0.15) is 11.3 Å². The Labute approximate surface area is 197 Å². The van der Waals surface area contributed by atoms with Crippen LogP contribution in [0.1, 0.15) is 35.0 Å². The lowest BCUT2D eigenvalue weighted by atomic mass is 9.96. The van der Waals surface area contributed by atoms with Crippen LogP contribution >= 0.6 is 11.6 Å². The molecule has 1 amide bonds. The normalized spacial score (nSPS) is 18.1. The number of benzene rings is 1. The molecule has 0 saturated carbocycles. The maximum absolute atomic E-state index is 13.2. The first-order valence-corrected chi connectivity index (χ1v) is 11.2. The van der Waals surface area contributed by atoms with Gasteiger partial charge in [-0.2, -0.15) is 0 Å². The summed E-state index contributed by atoms with van der Waals surface area (Å²) in [5.41, 5.74) is 3.42. The number of carbonyl (C=O) groups is 2. The molecular weight excluding hydrogens is 440 g/mol. The summed E-state index contributed by atoms with van der Waals surface area (Å²) in [5.74, 6) is -1.53. The van der Waals surface area contributed by atoms with Gasteiger partial charge in [-0.1, -0.05) is 29.8 Å². The monoisotopic (exact) mass is 466 g/mol. The number of rotatable bonds is 6. The number of pyridine rings is 1. The number of hydrogen-bond acceptors (Lipinski definition) is 5. The number of aryl methyl sites for hydroxylation is 2. The highest BCUT2D eigenvalue weighted by atomic mass is 35.5. The fraction of sp³-hybridized carbons (Fsp3) is 0.320. The molecule has 0 bridgehead atoms. The van der Waals surface area contributed by atoms with Gasteiger partial charge in [0.2, 0.25) is 0 Å². The maximum Gasteiger partial charge on any atom is 0.295 e. The van der Waals surface area contributed by atoms with Gasteiger partial charge < -0.3 is 14.9 Å². The van der Waals surface area contributed by atoms with Crippen molar-refractivity contribution in [3.05, 3.63) is 75.7 Å². The fourth-order valence-corrected chi connectivity index (χ4v) is 4.52. The molecule has 3 aromatic rings. The third-order valence-electron chi connectivity index (χ3n) is 5.97. The molecule has 3 heterocycles. The van der Waals surface area contributed by atoms with E-state index >= 15 is 0 Å². The van der Waals surface area contributed by atoms with E-state index in [9.17, 15) is 14.7 Å². The van der Waals surface area contributed by atoms with Crippen LogP contribution in [0.15, 0.2) is 48.2 Å². The van der Waals surface area contributed by atoms with Gasteiger partial charge in [0.25, 0.3) is 11.7 Å². The lowest BCUT2D eigenvalue weighted by Gasteiger charge is -2.26. The summed E-state index contributed by atoms with van der Waals surface area (Å²) in [6.07, 6.45) is 2.49. The van der Waals surface area contributed by atoms with Crippen LogP contribution in [0.4, 0.5) is 0 Å². The number of imidazole rings is 1. The Hall–Kier alpha value is -3.16. The molecular formula is C25H27ClN4O3. The molecule has 7 nitrogen and oxygen atoms in total. The van der Waals surface area contributed by atoms with Crippen LogP contribution in [-0.2, 0) is 9.59 Å². The van der Waals surface area contributed by atoms with E-state index in [1.807, 2.05) is 38.1 Å². The molecule has 1 N–H and O–H groups in total. The molecule has 33 heavy (non-hydrogen) atoms. The molecule has 0 unspecified atom stereocenters. The Morgan fingerprint density at radius 3 is 2.52 bits per heavy atom. The van der Waals surface area contributed by atoms with E-state index in [0.717, 1.165) is 12.1 Å². The molecule has 0 radical (unpaired) electrons. The average Bonchev–Trinajstić information content (AvgIpc) is 3.23. The van der Waals surface area contributed by atoms with Gasteiger partial charge in [0.15, 0.2) is 5.76 Å². The molecule has 1 aliphatic heterocycles. The summed E-state index contributed by atoms with van der Waals surface area (Å²) in [5, 5.41) is 12.0. The summed E-state index contributed by atoms with van der Waals surface area (Å²) in [7, 11) is 3.92. The fourth-order valence-electron chi connectivity index (χ4n) is 4.39. The zero-order chi connectivity index (χ0) is 23.9. The lowest BCUT2D eigenvalue weighted by Crippen LogP contribution is -2.32. The van der Waals surface area contributed by atoms with Gasteiger partial charge in [-0.15, -0.1) is 0 Å². The Balaban J connectivity index is 1.89. The van der Waals surface area contributed by atoms with Gasteiger partial charge in [-0.25, -0.2) is 4.98 Å². The molecule has 1 saturated heterocycles. The molecule has 8 heteroatoms. The number of halogens is 1. The molecule has 1 fully saturated rings. The minimum absolute atomic E-state index is 0.0681. The highest BCUT2D eigenvalue weighted by molar-refractivity contribution is 6.46. The Morgan fingerprint density at radius 2 is 1.85 bits per heavy atom. The molecule has 1 atom stereocenters. The van der Waals surface area contributed by atoms with E-state index in [1.54, 1.807) is 46.7 Å². The number of Topliss-reactive ketones (excluding diaryl/α,β-unsaturated/α-hetero) is 1. The van der Waals surface area contributed by atoms with Crippen LogP contribution in [0.2, 0.25) is 5.02 Å². The summed E-state index contributed by atoms with van der Waals surface area (Å²) in [6, 6.07) is 10.1. The van der Waals surface area contributed by atoms with E-state index in [2.05, 4.69) is 4.98 Å². The second-order valence-electron chi connectivity index (χ2n) is 8.63. The van der Waals surface area contributed by atoms with Crippen molar-refractivity contribution in [2.45, 2.75) is 26.3 Å². The number of fused-ring (bicyclic) bond motifs is 1. The second-order valence-corrected chi connectivity index (χ2v) is 9.07. The summed E-state index contributed by atoms with van der Waals surface area (Å²) < 4.78 is 1.76. The van der Waals surface area contributed by atoms with Crippen LogP contribution in [-0.4, -0.2) is 63.2 Å². The van der Waals surface area contributed by atoms with E-state index in [4.69, 9.17) is 11.6 Å². The molecule has 4 rings (SSSR count). The smallest absolute Gasteiger partial charge is 0.295 e. The number of aliphatic hydroxyl groups is 1. The SMILES string of the molecule is Cc1nc2c(C)cccn2c1/C(O)=C1\C(=O)C(=O)N(CCCN(C)C)[C@H]1c1ccc(Cl)cc1. The van der Waals surface area contributed by atoms with E-state index in [0.29, 0.717) is 40.6 Å². The van der Waals surface area contributed by atoms with E-state index in [-0.39, 0.29) is 11.3 Å². The number of aromatic nitrogens is 2. The first-order chi connectivity index (χ1) is 15.7. The summed E-state index contributed by atoms with van der Waals surface area (Å²) in [4.78, 5) is 34.5. The van der Waals surface area contributed by atoms with Gasteiger partial charge in [0.05, 0.1) is 17.3 Å². The van der Waals surface area contributed by atoms with Gasteiger partial charge in [-0.05, 0) is 70.2 Å². The van der Waals surface area contributed by atoms with Gasteiger partial charge in [-0.3, -0.25) is 14.0 Å². The minimum atomic E-state index is -0.709. The number of nitrogens with zero attached hydrogens (tertiary/aromatic N) is 4. The van der Waals surface area contributed by atoms with Crippen LogP contribution in [0, 0.1) is 13.8 Å². The number of hydrogen-bond donors (Lipinski definition) is 1. The van der Waals surface area contributed by atoms with E-state index < -0.39 is 17.7 Å². The Bertz CT molecular complexity index is 1260. The number of carbonyl (C=O) groups excluding carboxylic acids is 2. The summed E-state index contributed by atoms with van der Waals surface area (Å²) in [6.45, 7) is 4.87. The third kappa shape index (κ3) is 4.14. The van der Waals surface area contributed by atoms with Crippen molar-refractivity contribution in [1.29, 1.82) is 0 Å². The van der Waals surface area contributed by atoms with Crippen molar-refractivity contribution >= 4 is 34.7 Å². The third-order valence-corrected chi connectivity index (χ3v) is 6.23. The standard InChI is InChI=1S/C25H27ClN4O3/c1-15-7-5-13-29-20(16(2)27-24(15)29)22(31)19-21(17-8-10-18(26)11-9-17)30(25(33)23(19)32)14-6-12-28(3)4/h5,7-11,13,21,31H,6,12,14H2,1-4H3/b22-19+/t21-/m0/s1. The molecule has 1 aliphatic rings. The van der Waals surface area contributed by atoms with Gasteiger partial charge >= 0.3 is 0 Å². The lowest BCUT2D eigenvalue weighted by molar-refractivity contribution is -0.139. The molecule has 1 aromatic carbocycles. The molecule has 2 aromatic heterocycles. The second kappa shape index (κ2) is 9.00. The minimum Gasteiger partial charge on any atom is -0.505 e. The van der Waals surface area contributed by atoms with Crippen LogP contribution in [0.5, 0.6) is 0 Å². The number of aliphatic hydroxyl groups excluding tert-OH is 1. The van der Waals surface area contributed by atoms with Crippen LogP contribution in [0.3, 0.4) is 0 Å². The molecule has 172 valence electrons. The number of amides is 1. The van der Waals surface area contributed by atoms with Crippen molar-refractivity contribution in [2.24, 2.45) is 0 Å². The Morgan fingerprint density at radius 1 is 1.15 bits per heavy atom. The number of likely N-dealkylation sites (tertiary alicyclic amines) is 1. The zero-order valence-corrected chi connectivity index (χ0v) is 19.9. The number of ketones is 1. The highest BCUT2D eigenvalue weighted by Gasteiger charge is 2.46. The van der Waals surface area contributed by atoms with Crippen molar-refractivity contribution in [2.75, 3.05) is 27.2 Å². The predicted octanol–water partition coefficient (Wildman–Crippen LogP) is 3.98. The summed E-state index contributed by atoms with van der Waals surface area (Å²) >= 11 is 6.09. The van der Waals surface area contributed by atoms with E-state index in [1.165, 1.54) is 0 Å². The van der Waals surface area contributed by atoms with Crippen molar-refractivity contribution in [3.63, 3.8) is 0 Å². The van der Waals surface area contributed by atoms with Crippen molar-refractivity contribution in [3.8, 4) is 0 Å². The average molecular weight is 467 g/mol. The highest BCUT2D eigenvalue weighted by Crippen LogP contribution is 2.40. The van der Waals surface area contributed by atoms with Crippen molar-refractivity contribution in [1.82, 2.24) is 19.2 Å². The molecule has 0 spiro atoms. The maximum atomic E-state index is 13.2. The molecule has 0 aliphatic carbocycles. The zero-order valence-electron chi connectivity index (χ0n) is 19.2. The van der Waals surface area contributed by atoms with Gasteiger partial charge in [0, 0.05) is 17.8 Å². The van der Waals surface area contributed by atoms with Crippen LogP contribution in [0.25, 0.3) is 11.4 Å². The predicted molar refractivity (Wildman–Crippen MR) is 128 cm³/mol. The first-order valence-electron chi connectivity index (χ1n) is 10.8.